The molecular weight excluding hydrogens is 475 g/mol. The smallest absolute Gasteiger partial charge is 0.330 e. The zero-order valence-corrected chi connectivity index (χ0v) is 18.5. The van der Waals surface area contributed by atoms with Gasteiger partial charge in [-0.1, -0.05) is 0 Å². The Morgan fingerprint density at radius 1 is 1.09 bits per heavy atom. The topological polar surface area (TPSA) is 213 Å². The normalized spacial score (nSPS) is 37.3. The highest BCUT2D eigenvalue weighted by Gasteiger charge is 2.44. The van der Waals surface area contributed by atoms with Gasteiger partial charge in [0.2, 0.25) is 0 Å². The van der Waals surface area contributed by atoms with E-state index in [1.807, 2.05) is 0 Å². The lowest BCUT2D eigenvalue weighted by Crippen LogP contribution is -2.58. The standard InChI is InChI=1S/C16H25N2O12PS/c1-6-3-18(16(25)17-14(6)23)10-2-7(19)8(29-10)4-27-31(26,32)28-5-9-11(20)12(21)13(22)15(24)30-9/h3,7-13,15,19-22,24H,2,4-5H2,1H3,(H,26,32)(H,17,23,25)/t7-,8+,9+,10+,11+,12-,13-,15?,31?/m0/s1. The summed E-state index contributed by atoms with van der Waals surface area (Å²) in [5.41, 5.74) is -0.976. The number of nitrogens with zero attached hydrogens (tertiary/aromatic N) is 1. The third-order valence-electron chi connectivity index (χ3n) is 5.15. The summed E-state index contributed by atoms with van der Waals surface area (Å²) in [6.45, 7) is -3.39. The van der Waals surface area contributed by atoms with Gasteiger partial charge in [0.05, 0.1) is 19.3 Å². The van der Waals surface area contributed by atoms with E-state index in [4.69, 9.17) is 30.3 Å². The van der Waals surface area contributed by atoms with E-state index in [-0.39, 0.29) is 12.0 Å². The van der Waals surface area contributed by atoms with Crippen molar-refractivity contribution in [3.05, 3.63) is 32.6 Å². The molecule has 2 aliphatic heterocycles. The molecule has 1 aromatic heterocycles. The van der Waals surface area contributed by atoms with Gasteiger partial charge >= 0.3 is 12.4 Å². The lowest BCUT2D eigenvalue weighted by molar-refractivity contribution is -0.285. The summed E-state index contributed by atoms with van der Waals surface area (Å²) in [6, 6.07) is 0. The highest BCUT2D eigenvalue weighted by molar-refractivity contribution is 8.07. The lowest BCUT2D eigenvalue weighted by atomic mass is 10.00. The molecule has 16 heteroatoms. The number of aliphatic hydroxyl groups excluding tert-OH is 5. The van der Waals surface area contributed by atoms with Crippen LogP contribution < -0.4 is 11.2 Å². The quantitative estimate of drug-likeness (QED) is 0.182. The number of nitrogens with one attached hydrogen (secondary N) is 1. The van der Waals surface area contributed by atoms with Gasteiger partial charge in [-0.2, -0.15) is 0 Å². The fraction of sp³-hybridized carbons (Fsp3) is 0.750. The van der Waals surface area contributed by atoms with Gasteiger partial charge < -0.3 is 48.9 Å². The molecule has 7 N–H and O–H groups in total. The first-order valence-corrected chi connectivity index (χ1v) is 12.1. The van der Waals surface area contributed by atoms with Crippen LogP contribution in [-0.4, -0.2) is 96.1 Å². The Morgan fingerprint density at radius 2 is 1.72 bits per heavy atom. The zero-order valence-electron chi connectivity index (χ0n) is 16.8. The summed E-state index contributed by atoms with van der Waals surface area (Å²) >= 11 is 4.86. The van der Waals surface area contributed by atoms with E-state index in [0.29, 0.717) is 0 Å². The monoisotopic (exact) mass is 500 g/mol. The van der Waals surface area contributed by atoms with Gasteiger partial charge in [0, 0.05) is 18.2 Å². The van der Waals surface area contributed by atoms with Gasteiger partial charge in [-0.05, 0) is 18.7 Å². The summed E-state index contributed by atoms with van der Waals surface area (Å²) in [6.07, 6.45) is -9.77. The van der Waals surface area contributed by atoms with Crippen LogP contribution in [0, 0.1) is 6.92 Å². The molecule has 1 aromatic rings. The van der Waals surface area contributed by atoms with Crippen molar-refractivity contribution in [1.29, 1.82) is 0 Å². The molecule has 2 fully saturated rings. The molecule has 14 nitrogen and oxygen atoms in total. The van der Waals surface area contributed by atoms with Crippen molar-refractivity contribution >= 4 is 18.5 Å². The van der Waals surface area contributed by atoms with Crippen molar-refractivity contribution in [2.75, 3.05) is 13.2 Å². The number of ether oxygens (including phenoxy) is 2. The largest absolute Gasteiger partial charge is 0.390 e. The molecule has 0 aliphatic carbocycles. The Balaban J connectivity index is 1.54. The number of rotatable bonds is 7. The maximum absolute atomic E-state index is 12.0. The Bertz CT molecular complexity index is 971. The fourth-order valence-corrected chi connectivity index (χ4v) is 4.39. The molecule has 0 saturated carbocycles. The van der Waals surface area contributed by atoms with Crippen LogP contribution in [0.1, 0.15) is 18.2 Å². The van der Waals surface area contributed by atoms with Crippen LogP contribution in [0.3, 0.4) is 0 Å². The van der Waals surface area contributed by atoms with Gasteiger partial charge in [-0.25, -0.2) is 4.79 Å². The second kappa shape index (κ2) is 10.0. The average Bonchev–Trinajstić information content (AvgIpc) is 3.09. The van der Waals surface area contributed by atoms with Crippen LogP contribution in [0.4, 0.5) is 0 Å². The minimum Gasteiger partial charge on any atom is -0.390 e. The van der Waals surface area contributed by atoms with Crippen LogP contribution in [0.15, 0.2) is 15.8 Å². The molecule has 0 bridgehead atoms. The van der Waals surface area contributed by atoms with E-state index in [0.717, 1.165) is 4.57 Å². The van der Waals surface area contributed by atoms with Crippen molar-refractivity contribution in [3.63, 3.8) is 0 Å². The molecule has 32 heavy (non-hydrogen) atoms. The molecule has 2 aliphatic rings. The summed E-state index contributed by atoms with van der Waals surface area (Å²) < 4.78 is 21.9. The maximum atomic E-state index is 12.0. The van der Waals surface area contributed by atoms with Crippen molar-refractivity contribution in [2.24, 2.45) is 0 Å². The van der Waals surface area contributed by atoms with Gasteiger partial charge in [-0.3, -0.25) is 14.3 Å². The zero-order chi connectivity index (χ0) is 23.8. The minimum atomic E-state index is -3.93. The second-order valence-electron chi connectivity index (χ2n) is 7.51. The molecule has 0 radical (unpaired) electrons. The first-order valence-electron chi connectivity index (χ1n) is 9.55. The van der Waals surface area contributed by atoms with Crippen LogP contribution >= 0.6 is 6.72 Å². The van der Waals surface area contributed by atoms with E-state index in [2.05, 4.69) is 4.98 Å². The molecule has 2 saturated heterocycles. The summed E-state index contributed by atoms with van der Waals surface area (Å²) in [5.74, 6) is 0. The van der Waals surface area contributed by atoms with Crippen molar-refractivity contribution in [1.82, 2.24) is 9.55 Å². The summed E-state index contributed by atoms with van der Waals surface area (Å²) in [7, 11) is 0. The van der Waals surface area contributed by atoms with E-state index in [9.17, 15) is 40.0 Å². The van der Waals surface area contributed by atoms with Crippen molar-refractivity contribution < 1.29 is 48.9 Å². The van der Waals surface area contributed by atoms with Gasteiger partial charge in [0.1, 0.15) is 36.7 Å². The highest BCUT2D eigenvalue weighted by Crippen LogP contribution is 2.45. The number of hydrogen-bond donors (Lipinski definition) is 7. The van der Waals surface area contributed by atoms with E-state index in [1.54, 1.807) is 0 Å². The molecule has 2 unspecified atom stereocenters. The summed E-state index contributed by atoms with van der Waals surface area (Å²) in [5, 5.41) is 48.7. The SMILES string of the molecule is Cc1cn([C@H]2C[C@H](O)[C@@H](COP(O)(=S)OC[C@H]3OC(O)[C@@H](O)[C@@H](O)[C@@H]3O)O2)c(=O)[nH]c1=O. The molecule has 9 atom stereocenters. The molecule has 0 aromatic carbocycles. The van der Waals surface area contributed by atoms with Crippen LogP contribution in [-0.2, 0) is 30.3 Å². The molecule has 3 rings (SSSR count). The molecular formula is C16H25N2O12PS. The van der Waals surface area contributed by atoms with E-state index < -0.39 is 80.3 Å². The number of aromatic nitrogens is 2. The van der Waals surface area contributed by atoms with Crippen LogP contribution in [0.5, 0.6) is 0 Å². The number of aryl methyl sites for hydroxylation is 1. The first kappa shape index (κ1) is 25.6. The second-order valence-corrected chi connectivity index (χ2v) is 10.3. The molecule has 182 valence electrons. The van der Waals surface area contributed by atoms with Crippen LogP contribution in [0.25, 0.3) is 0 Å². The third-order valence-corrected chi connectivity index (χ3v) is 6.73. The van der Waals surface area contributed by atoms with Crippen molar-refractivity contribution in [2.45, 2.75) is 62.5 Å². The van der Waals surface area contributed by atoms with Gasteiger partial charge in [-0.15, -0.1) is 0 Å². The Labute approximate surface area is 185 Å². The van der Waals surface area contributed by atoms with Gasteiger partial charge in [0.25, 0.3) is 5.56 Å². The average molecular weight is 500 g/mol. The van der Waals surface area contributed by atoms with Gasteiger partial charge in [0.15, 0.2) is 6.29 Å². The maximum Gasteiger partial charge on any atom is 0.330 e. The number of hydrogen-bond acceptors (Lipinski definition) is 12. The lowest BCUT2D eigenvalue weighted by Gasteiger charge is -2.38. The number of H-pyrrole nitrogens is 1. The minimum absolute atomic E-state index is 0.00872. The van der Waals surface area contributed by atoms with Crippen molar-refractivity contribution in [3.8, 4) is 0 Å². The first-order chi connectivity index (χ1) is 14.9. The van der Waals surface area contributed by atoms with E-state index in [1.165, 1.54) is 13.1 Å². The predicted octanol–water partition coefficient (Wildman–Crippen LogP) is -3.46. The van der Waals surface area contributed by atoms with E-state index >= 15 is 0 Å². The fourth-order valence-electron chi connectivity index (χ4n) is 3.28. The molecule has 3 heterocycles. The Morgan fingerprint density at radius 3 is 2.38 bits per heavy atom. The number of aliphatic hydroxyl groups is 5. The molecule has 0 amide bonds. The van der Waals surface area contributed by atoms with Crippen LogP contribution in [0.2, 0.25) is 0 Å². The highest BCUT2D eigenvalue weighted by atomic mass is 32.5. The summed E-state index contributed by atoms with van der Waals surface area (Å²) in [4.78, 5) is 35.8. The Hall–Kier alpha value is -1.07. The molecule has 0 spiro atoms. The predicted molar refractivity (Wildman–Crippen MR) is 108 cm³/mol. The number of aromatic amines is 1. The third kappa shape index (κ3) is 5.70. The Kier molecular flexibility index (Phi) is 8.02.